The fourth-order valence-electron chi connectivity index (χ4n) is 3.57. The Hall–Kier alpha value is -2.74. The van der Waals surface area contributed by atoms with E-state index in [-0.39, 0.29) is 11.8 Å². The van der Waals surface area contributed by atoms with Crippen LogP contribution in [0, 0.1) is 12.3 Å². The van der Waals surface area contributed by atoms with E-state index in [0.29, 0.717) is 24.8 Å². The van der Waals surface area contributed by atoms with E-state index in [4.69, 9.17) is 4.52 Å². The molecule has 1 aromatic heterocycles. The van der Waals surface area contributed by atoms with Crippen LogP contribution >= 0.6 is 0 Å². The fourth-order valence-corrected chi connectivity index (χ4v) is 3.57. The van der Waals surface area contributed by atoms with E-state index in [0.717, 1.165) is 38.0 Å². The number of amides is 2. The molecule has 0 spiro atoms. The van der Waals surface area contributed by atoms with Crippen LogP contribution in [0.25, 0.3) is 11.4 Å². The Bertz CT molecular complexity index is 908. The molecule has 0 unspecified atom stereocenters. The van der Waals surface area contributed by atoms with Gasteiger partial charge < -0.3 is 14.7 Å². The van der Waals surface area contributed by atoms with Crippen molar-refractivity contribution < 1.29 is 14.1 Å². The SMILES string of the molecule is Cc1ccc(-c2noc(CCCN3CCN(C(=O)[C@H](C)NC(=O)C(C)(C)C)CC3)n2)cc1. The molecule has 0 radical (unpaired) electrons. The summed E-state index contributed by atoms with van der Waals surface area (Å²) in [5.74, 6) is 1.15. The van der Waals surface area contributed by atoms with Crippen molar-refractivity contribution in [3.05, 3.63) is 35.7 Å². The van der Waals surface area contributed by atoms with Crippen molar-refractivity contribution in [1.82, 2.24) is 25.3 Å². The molecule has 3 rings (SSSR count). The molecular formula is C24H35N5O3. The average Bonchev–Trinajstić information content (AvgIpc) is 3.22. The van der Waals surface area contributed by atoms with Gasteiger partial charge in [0.1, 0.15) is 6.04 Å². The first-order valence-electron chi connectivity index (χ1n) is 11.4. The van der Waals surface area contributed by atoms with E-state index in [9.17, 15) is 9.59 Å². The van der Waals surface area contributed by atoms with Gasteiger partial charge in [-0.15, -0.1) is 0 Å². The van der Waals surface area contributed by atoms with E-state index < -0.39 is 11.5 Å². The number of nitrogens with one attached hydrogen (secondary N) is 1. The number of benzene rings is 1. The number of carbonyl (C=O) groups excluding carboxylic acids is 2. The summed E-state index contributed by atoms with van der Waals surface area (Å²) < 4.78 is 5.40. The van der Waals surface area contributed by atoms with Gasteiger partial charge in [0, 0.05) is 43.6 Å². The van der Waals surface area contributed by atoms with Crippen LogP contribution in [0.15, 0.2) is 28.8 Å². The van der Waals surface area contributed by atoms with Crippen molar-refractivity contribution >= 4 is 11.8 Å². The number of rotatable bonds is 7. The topological polar surface area (TPSA) is 91.6 Å². The third-order valence-corrected chi connectivity index (χ3v) is 5.73. The summed E-state index contributed by atoms with van der Waals surface area (Å²) in [5.41, 5.74) is 1.65. The molecule has 1 N–H and O–H groups in total. The van der Waals surface area contributed by atoms with Crippen LogP contribution in [-0.4, -0.2) is 70.5 Å². The highest BCUT2D eigenvalue weighted by atomic mass is 16.5. The smallest absolute Gasteiger partial charge is 0.244 e. The number of aryl methyl sites for hydroxylation is 2. The Morgan fingerprint density at radius 2 is 1.78 bits per heavy atom. The molecule has 174 valence electrons. The summed E-state index contributed by atoms with van der Waals surface area (Å²) in [6.45, 7) is 13.2. The third kappa shape index (κ3) is 6.38. The maximum atomic E-state index is 12.7. The molecule has 8 heteroatoms. The van der Waals surface area contributed by atoms with Crippen LogP contribution in [-0.2, 0) is 16.0 Å². The molecule has 8 nitrogen and oxygen atoms in total. The first kappa shape index (κ1) is 23.9. The van der Waals surface area contributed by atoms with Gasteiger partial charge in [0.15, 0.2) is 0 Å². The molecule has 2 amide bonds. The van der Waals surface area contributed by atoms with Crippen molar-refractivity contribution in [2.24, 2.45) is 5.41 Å². The third-order valence-electron chi connectivity index (χ3n) is 5.73. The lowest BCUT2D eigenvalue weighted by atomic mass is 9.95. The van der Waals surface area contributed by atoms with Gasteiger partial charge in [-0.2, -0.15) is 4.98 Å². The maximum absolute atomic E-state index is 12.7. The molecular weight excluding hydrogens is 406 g/mol. The Labute approximate surface area is 190 Å². The number of carbonyl (C=O) groups is 2. The van der Waals surface area contributed by atoms with Gasteiger partial charge in [-0.25, -0.2) is 0 Å². The van der Waals surface area contributed by atoms with Crippen molar-refractivity contribution in [3.63, 3.8) is 0 Å². The van der Waals surface area contributed by atoms with Crippen LogP contribution in [0.3, 0.4) is 0 Å². The molecule has 0 aliphatic carbocycles. The van der Waals surface area contributed by atoms with Gasteiger partial charge in [-0.1, -0.05) is 55.8 Å². The second-order valence-corrected chi connectivity index (χ2v) is 9.59. The van der Waals surface area contributed by atoms with E-state index >= 15 is 0 Å². The number of nitrogens with zero attached hydrogens (tertiary/aromatic N) is 4. The van der Waals surface area contributed by atoms with Crippen LogP contribution in [0.4, 0.5) is 0 Å². The van der Waals surface area contributed by atoms with E-state index in [2.05, 4.69) is 20.4 Å². The largest absolute Gasteiger partial charge is 0.344 e. The Balaban J connectivity index is 1.39. The van der Waals surface area contributed by atoms with Crippen LogP contribution in [0.2, 0.25) is 0 Å². The van der Waals surface area contributed by atoms with Gasteiger partial charge >= 0.3 is 0 Å². The van der Waals surface area contributed by atoms with Crippen LogP contribution in [0.5, 0.6) is 0 Å². The molecule has 1 fully saturated rings. The van der Waals surface area contributed by atoms with Crippen molar-refractivity contribution in [2.75, 3.05) is 32.7 Å². The minimum absolute atomic E-state index is 0.0169. The zero-order valence-electron chi connectivity index (χ0n) is 19.9. The highest BCUT2D eigenvalue weighted by Gasteiger charge is 2.29. The zero-order chi connectivity index (χ0) is 23.3. The van der Waals surface area contributed by atoms with Crippen LogP contribution < -0.4 is 5.32 Å². The van der Waals surface area contributed by atoms with E-state index in [1.807, 2.05) is 56.9 Å². The normalized spacial score (nSPS) is 16.1. The van der Waals surface area contributed by atoms with Crippen molar-refractivity contribution in [3.8, 4) is 11.4 Å². The fraction of sp³-hybridized carbons (Fsp3) is 0.583. The van der Waals surface area contributed by atoms with Crippen LogP contribution in [0.1, 0.15) is 45.6 Å². The monoisotopic (exact) mass is 441 g/mol. The van der Waals surface area contributed by atoms with Gasteiger partial charge in [0.2, 0.25) is 23.5 Å². The van der Waals surface area contributed by atoms with Gasteiger partial charge in [-0.3, -0.25) is 14.5 Å². The summed E-state index contributed by atoms with van der Waals surface area (Å²) in [6.07, 6.45) is 1.65. The first-order valence-corrected chi connectivity index (χ1v) is 11.4. The number of hydrogen-bond acceptors (Lipinski definition) is 6. The second kappa shape index (κ2) is 10.3. The minimum atomic E-state index is -0.507. The van der Waals surface area contributed by atoms with Gasteiger partial charge in [-0.05, 0) is 26.8 Å². The van der Waals surface area contributed by atoms with Gasteiger partial charge in [0.25, 0.3) is 0 Å². The molecule has 2 aromatic rings. The summed E-state index contributed by atoms with van der Waals surface area (Å²) in [7, 11) is 0. The Morgan fingerprint density at radius 3 is 2.41 bits per heavy atom. The lowest BCUT2D eigenvalue weighted by Crippen LogP contribution is -2.55. The average molecular weight is 442 g/mol. The molecule has 32 heavy (non-hydrogen) atoms. The highest BCUT2D eigenvalue weighted by molar-refractivity contribution is 5.89. The van der Waals surface area contributed by atoms with Crippen molar-refractivity contribution in [1.29, 1.82) is 0 Å². The number of hydrogen-bond donors (Lipinski definition) is 1. The molecule has 1 saturated heterocycles. The lowest BCUT2D eigenvalue weighted by molar-refractivity contribution is -0.139. The predicted octanol–water partition coefficient (Wildman–Crippen LogP) is 2.67. The second-order valence-electron chi connectivity index (χ2n) is 9.59. The lowest BCUT2D eigenvalue weighted by Gasteiger charge is -2.36. The Kier molecular flexibility index (Phi) is 7.66. The highest BCUT2D eigenvalue weighted by Crippen LogP contribution is 2.17. The van der Waals surface area contributed by atoms with Crippen molar-refractivity contribution in [2.45, 2.75) is 53.5 Å². The van der Waals surface area contributed by atoms with E-state index in [1.54, 1.807) is 6.92 Å². The minimum Gasteiger partial charge on any atom is -0.344 e. The molecule has 0 bridgehead atoms. The molecule has 1 atom stereocenters. The predicted molar refractivity (Wildman–Crippen MR) is 123 cm³/mol. The summed E-state index contributed by atoms with van der Waals surface area (Å²) in [5, 5.41) is 6.92. The maximum Gasteiger partial charge on any atom is 0.244 e. The number of aromatic nitrogens is 2. The zero-order valence-corrected chi connectivity index (χ0v) is 19.9. The molecule has 1 aliphatic heterocycles. The Morgan fingerprint density at radius 1 is 1.12 bits per heavy atom. The number of piperazine rings is 1. The standard InChI is InChI=1S/C24H35N5O3/c1-17-8-10-19(11-9-17)21-26-20(32-27-21)7-6-12-28-13-15-29(16-14-28)22(30)18(2)25-23(31)24(3,4)5/h8-11,18H,6-7,12-16H2,1-5H3,(H,25,31)/t18-/m0/s1. The van der Waals surface area contributed by atoms with Gasteiger partial charge in [0.05, 0.1) is 0 Å². The molecule has 0 saturated carbocycles. The summed E-state index contributed by atoms with van der Waals surface area (Å²) >= 11 is 0. The quantitative estimate of drug-likeness (QED) is 0.710. The summed E-state index contributed by atoms with van der Waals surface area (Å²) in [4.78, 5) is 33.5. The molecule has 1 aromatic carbocycles. The van der Waals surface area contributed by atoms with E-state index in [1.165, 1.54) is 5.56 Å². The molecule has 2 heterocycles. The first-order chi connectivity index (χ1) is 15.1. The molecule has 1 aliphatic rings. The summed E-state index contributed by atoms with van der Waals surface area (Å²) in [6, 6.07) is 7.57.